The molecule has 11 heteroatoms. The molecule has 0 radical (unpaired) electrons. The van der Waals surface area contributed by atoms with Crippen molar-refractivity contribution in [3.8, 4) is 11.3 Å². The number of epoxide rings is 1. The van der Waals surface area contributed by atoms with E-state index in [1.807, 2.05) is 0 Å². The fourth-order valence-corrected chi connectivity index (χ4v) is 4.23. The summed E-state index contributed by atoms with van der Waals surface area (Å²) in [5.41, 5.74) is 1.58. The van der Waals surface area contributed by atoms with E-state index in [0.717, 1.165) is 5.56 Å². The van der Waals surface area contributed by atoms with E-state index < -0.39 is 35.9 Å². The number of halogens is 2. The topological polar surface area (TPSA) is 114 Å². The number of hydrogen-bond acceptors (Lipinski definition) is 7. The predicted octanol–water partition coefficient (Wildman–Crippen LogP) is 3.30. The predicted molar refractivity (Wildman–Crippen MR) is 119 cm³/mol. The van der Waals surface area contributed by atoms with Crippen molar-refractivity contribution in [2.24, 2.45) is 0 Å². The number of ether oxygens (including phenoxy) is 1. The van der Waals surface area contributed by atoms with E-state index >= 15 is 0 Å². The lowest BCUT2D eigenvalue weighted by molar-refractivity contribution is -0.128. The molecule has 0 bridgehead atoms. The average molecular weight is 483 g/mol. The number of hydrogen-bond donors (Lipinski definition) is 1. The number of carbonyl (C=O) groups is 2. The summed E-state index contributed by atoms with van der Waals surface area (Å²) in [5, 5.41) is 6.57. The molecule has 3 aromatic rings. The molecule has 1 saturated heterocycles. The number of nitrogens with one attached hydrogen (secondary N) is 1. The molecule has 182 valence electrons. The molecule has 2 amide bonds. The van der Waals surface area contributed by atoms with Crippen LogP contribution in [-0.4, -0.2) is 51.6 Å². The van der Waals surface area contributed by atoms with Gasteiger partial charge in [-0.3, -0.25) is 14.5 Å². The molecule has 1 aliphatic heterocycles. The smallest absolute Gasteiger partial charge is 0.259 e. The number of nitrogens with zero attached hydrogens (tertiary/aromatic N) is 4. The van der Waals surface area contributed by atoms with E-state index in [0.29, 0.717) is 17.0 Å². The molecule has 2 fully saturated rings. The van der Waals surface area contributed by atoms with Crippen LogP contribution >= 0.6 is 0 Å². The summed E-state index contributed by atoms with van der Waals surface area (Å²) in [6.07, 6.45) is 4.83. The Hall–Kier alpha value is -3.73. The van der Waals surface area contributed by atoms with Crippen molar-refractivity contribution in [3.63, 3.8) is 0 Å². The summed E-state index contributed by atoms with van der Waals surface area (Å²) in [6, 6.07) is 7.07. The lowest BCUT2D eigenvalue weighted by atomic mass is 9.92. The number of carbonyl (C=O) groups excluding carboxylic acids is 2. The summed E-state index contributed by atoms with van der Waals surface area (Å²) in [6.45, 7) is 0.253. The summed E-state index contributed by atoms with van der Waals surface area (Å²) >= 11 is 0. The van der Waals surface area contributed by atoms with E-state index in [1.165, 1.54) is 29.8 Å². The minimum atomic E-state index is -2.72. The first-order chi connectivity index (χ1) is 16.9. The van der Waals surface area contributed by atoms with Gasteiger partial charge in [-0.15, -0.1) is 0 Å². The van der Waals surface area contributed by atoms with Gasteiger partial charge in [0.05, 0.1) is 12.8 Å². The van der Waals surface area contributed by atoms with Gasteiger partial charge < -0.3 is 14.6 Å². The summed E-state index contributed by atoms with van der Waals surface area (Å²) < 4.78 is 37.7. The minimum Gasteiger partial charge on any atom is -0.363 e. The lowest BCUT2D eigenvalue weighted by Crippen LogP contribution is -2.49. The molecule has 1 N–H and O–H groups in total. The maximum absolute atomic E-state index is 13.6. The Balaban J connectivity index is 1.47. The first kappa shape index (κ1) is 23.0. The molecule has 1 aromatic carbocycles. The lowest BCUT2D eigenvalue weighted by Gasteiger charge is -2.34. The Bertz CT molecular complexity index is 1160. The quantitative estimate of drug-likeness (QED) is 0.513. The van der Waals surface area contributed by atoms with Crippen molar-refractivity contribution in [2.75, 3.05) is 11.5 Å². The van der Waals surface area contributed by atoms with Crippen LogP contribution in [0.1, 0.15) is 37.3 Å². The van der Waals surface area contributed by atoms with Gasteiger partial charge in [-0.25, -0.2) is 18.7 Å². The monoisotopic (exact) mass is 483 g/mol. The van der Waals surface area contributed by atoms with Crippen LogP contribution in [0.5, 0.6) is 0 Å². The zero-order valence-corrected chi connectivity index (χ0v) is 18.6. The van der Waals surface area contributed by atoms with Crippen LogP contribution < -0.4 is 10.2 Å². The number of anilines is 1. The maximum atomic E-state index is 13.6. The van der Waals surface area contributed by atoms with Gasteiger partial charge in [0.25, 0.3) is 5.91 Å². The molecule has 9 nitrogen and oxygen atoms in total. The highest BCUT2D eigenvalue weighted by atomic mass is 19.3. The fourth-order valence-electron chi connectivity index (χ4n) is 4.23. The summed E-state index contributed by atoms with van der Waals surface area (Å²) in [7, 11) is 0. The Labute approximate surface area is 199 Å². The number of rotatable bonds is 7. The zero-order valence-electron chi connectivity index (χ0n) is 18.6. The highest BCUT2D eigenvalue weighted by Gasteiger charge is 2.43. The van der Waals surface area contributed by atoms with Crippen molar-refractivity contribution >= 4 is 17.5 Å². The third-order valence-corrected chi connectivity index (χ3v) is 6.18. The van der Waals surface area contributed by atoms with Crippen molar-refractivity contribution in [1.82, 2.24) is 20.4 Å². The minimum absolute atomic E-state index is 0.155. The van der Waals surface area contributed by atoms with Gasteiger partial charge in [-0.05, 0) is 37.1 Å². The van der Waals surface area contributed by atoms with Crippen molar-refractivity contribution in [2.45, 2.75) is 49.8 Å². The van der Waals surface area contributed by atoms with Crippen LogP contribution in [0.2, 0.25) is 0 Å². The molecule has 35 heavy (non-hydrogen) atoms. The Morgan fingerprint density at radius 3 is 2.37 bits per heavy atom. The Morgan fingerprint density at radius 1 is 1.09 bits per heavy atom. The molecular formula is C24H23F2N5O4. The molecule has 1 aliphatic carbocycles. The van der Waals surface area contributed by atoms with Crippen LogP contribution in [0.15, 0.2) is 59.8 Å². The Morgan fingerprint density at radius 2 is 1.77 bits per heavy atom. The van der Waals surface area contributed by atoms with Gasteiger partial charge >= 0.3 is 0 Å². The highest BCUT2D eigenvalue weighted by molar-refractivity contribution is 6.04. The second-order valence-corrected chi connectivity index (χ2v) is 8.67. The van der Waals surface area contributed by atoms with Gasteiger partial charge in [0.1, 0.15) is 12.4 Å². The molecule has 2 unspecified atom stereocenters. The average Bonchev–Trinajstić information content (AvgIpc) is 3.58. The third kappa shape index (κ3) is 5.19. The highest BCUT2D eigenvalue weighted by Crippen LogP contribution is 2.35. The number of alkyl halides is 2. The normalized spacial score (nSPS) is 20.1. The molecule has 1 saturated carbocycles. The molecule has 5 rings (SSSR count). The second kappa shape index (κ2) is 9.49. The van der Waals surface area contributed by atoms with E-state index in [4.69, 9.17) is 9.26 Å². The fraction of sp³-hybridized carbons (Fsp3) is 0.375. The van der Waals surface area contributed by atoms with E-state index in [1.54, 1.807) is 30.3 Å². The van der Waals surface area contributed by atoms with E-state index in [2.05, 4.69) is 20.4 Å². The third-order valence-electron chi connectivity index (χ3n) is 6.18. The largest absolute Gasteiger partial charge is 0.363 e. The SMILES string of the molecule is O=C(NC1CCC(F)(F)CC1)C(c1cncnc1)N(C(=O)C1CO1)c1ccc(-c2ccno2)cc1. The van der Waals surface area contributed by atoms with E-state index in [-0.39, 0.29) is 32.3 Å². The molecule has 0 spiro atoms. The maximum Gasteiger partial charge on any atom is 0.259 e. The molecule has 2 aliphatic rings. The number of benzene rings is 1. The van der Waals surface area contributed by atoms with Gasteiger partial charge in [-0.2, -0.15) is 0 Å². The van der Waals surface area contributed by atoms with E-state index in [9.17, 15) is 18.4 Å². The first-order valence-corrected chi connectivity index (χ1v) is 11.3. The van der Waals surface area contributed by atoms with Crippen molar-refractivity contribution in [3.05, 3.63) is 60.8 Å². The molecule has 3 heterocycles. The first-order valence-electron chi connectivity index (χ1n) is 11.3. The number of amides is 2. The van der Waals surface area contributed by atoms with Crippen molar-refractivity contribution in [1.29, 1.82) is 0 Å². The number of aromatic nitrogens is 3. The van der Waals surface area contributed by atoms with Crippen LogP contribution in [0, 0.1) is 0 Å². The second-order valence-electron chi connectivity index (χ2n) is 8.67. The van der Waals surface area contributed by atoms with Gasteiger partial charge in [0.2, 0.25) is 11.8 Å². The summed E-state index contributed by atoms with van der Waals surface area (Å²) in [4.78, 5) is 36.3. The standard InChI is InChI=1S/C24H23F2N5O4/c25-24(26)8-5-17(6-9-24)30-22(32)21(16-11-27-14-28-12-16)31(23(33)20-13-34-20)18-3-1-15(2-4-18)19-7-10-29-35-19/h1-4,7,10-12,14,17,20-21H,5-6,8-9,13H2,(H,30,32). The van der Waals surface area contributed by atoms with Crippen LogP contribution in [0.25, 0.3) is 11.3 Å². The van der Waals surface area contributed by atoms with Gasteiger partial charge in [0.15, 0.2) is 11.9 Å². The van der Waals surface area contributed by atoms with Crippen molar-refractivity contribution < 1.29 is 27.6 Å². The molecule has 2 aromatic heterocycles. The summed E-state index contributed by atoms with van der Waals surface area (Å²) in [5.74, 6) is -3.05. The zero-order chi connectivity index (χ0) is 24.4. The van der Waals surface area contributed by atoms with Crippen LogP contribution in [0.3, 0.4) is 0 Å². The molecular weight excluding hydrogens is 460 g/mol. The van der Waals surface area contributed by atoms with Gasteiger partial charge in [0, 0.05) is 54.2 Å². The molecule has 2 atom stereocenters. The van der Waals surface area contributed by atoms with Gasteiger partial charge in [-0.1, -0.05) is 5.16 Å². The van der Waals surface area contributed by atoms with Crippen LogP contribution in [-0.2, 0) is 14.3 Å². The Kier molecular flexibility index (Phi) is 6.25. The van der Waals surface area contributed by atoms with Crippen LogP contribution in [0.4, 0.5) is 14.5 Å².